The largest absolute Gasteiger partial charge is 0.361 e. The van der Waals surface area contributed by atoms with Gasteiger partial charge in [-0.1, -0.05) is 41.9 Å². The lowest BCUT2D eigenvalue weighted by atomic mass is 9.92. The molecular formula is C18H17ClN2O2. The molecule has 0 bridgehead atoms. The Hall–Kier alpha value is -2.33. The number of halogens is 1. The van der Waals surface area contributed by atoms with Gasteiger partial charge in [-0.15, -0.1) is 0 Å². The zero-order valence-electron chi connectivity index (χ0n) is 12.5. The Bertz CT molecular complexity index is 814. The molecule has 0 amide bonds. The summed E-state index contributed by atoms with van der Waals surface area (Å²) in [4.78, 5) is 14.0. The second-order valence-electron chi connectivity index (χ2n) is 5.67. The molecule has 1 heterocycles. The van der Waals surface area contributed by atoms with Crippen LogP contribution in [-0.2, 0) is 6.42 Å². The van der Waals surface area contributed by atoms with Gasteiger partial charge in [0, 0.05) is 27.0 Å². The van der Waals surface area contributed by atoms with E-state index in [1.807, 2.05) is 42.6 Å². The van der Waals surface area contributed by atoms with Gasteiger partial charge in [-0.05, 0) is 42.2 Å². The Morgan fingerprint density at radius 2 is 1.96 bits per heavy atom. The summed E-state index contributed by atoms with van der Waals surface area (Å²) in [5, 5.41) is 12.7. The third-order valence-electron chi connectivity index (χ3n) is 4.11. The Labute approximate surface area is 139 Å². The van der Waals surface area contributed by atoms with Gasteiger partial charge in [0.05, 0.1) is 5.92 Å². The van der Waals surface area contributed by atoms with Crippen LogP contribution in [0.1, 0.15) is 23.5 Å². The molecule has 0 saturated carbocycles. The van der Waals surface area contributed by atoms with Crippen molar-refractivity contribution in [2.24, 2.45) is 0 Å². The number of aromatic nitrogens is 1. The zero-order chi connectivity index (χ0) is 16.2. The highest BCUT2D eigenvalue weighted by atomic mass is 35.5. The fourth-order valence-electron chi connectivity index (χ4n) is 2.96. The van der Waals surface area contributed by atoms with Crippen molar-refractivity contribution < 1.29 is 4.92 Å². The van der Waals surface area contributed by atoms with Gasteiger partial charge >= 0.3 is 0 Å². The van der Waals surface area contributed by atoms with E-state index in [1.165, 1.54) is 5.56 Å². The summed E-state index contributed by atoms with van der Waals surface area (Å²) in [5.41, 5.74) is 3.12. The number of hydrogen-bond acceptors (Lipinski definition) is 2. The van der Waals surface area contributed by atoms with Gasteiger partial charge in [0.25, 0.3) is 0 Å². The highest BCUT2D eigenvalue weighted by molar-refractivity contribution is 6.31. The molecule has 0 spiro atoms. The summed E-state index contributed by atoms with van der Waals surface area (Å²) in [6.07, 6.45) is 3.41. The highest BCUT2D eigenvalue weighted by Crippen LogP contribution is 2.31. The van der Waals surface area contributed by atoms with E-state index >= 15 is 0 Å². The number of benzene rings is 2. The number of nitrogens with one attached hydrogen (secondary N) is 1. The predicted octanol–water partition coefficient (Wildman–Crippen LogP) is 4.81. The van der Waals surface area contributed by atoms with Gasteiger partial charge in [-0.2, -0.15) is 0 Å². The second-order valence-corrected chi connectivity index (χ2v) is 6.11. The molecule has 118 valence electrons. The average molecular weight is 329 g/mol. The van der Waals surface area contributed by atoms with Crippen molar-refractivity contribution in [3.05, 3.63) is 81.0 Å². The summed E-state index contributed by atoms with van der Waals surface area (Å²) in [6, 6.07) is 15.6. The van der Waals surface area contributed by atoms with Crippen molar-refractivity contribution in [2.75, 3.05) is 6.54 Å². The fraction of sp³-hybridized carbons (Fsp3) is 0.222. The van der Waals surface area contributed by atoms with E-state index in [0.717, 1.165) is 29.3 Å². The monoisotopic (exact) mass is 328 g/mol. The molecule has 2 aromatic carbocycles. The van der Waals surface area contributed by atoms with Gasteiger partial charge in [0.1, 0.15) is 0 Å². The Morgan fingerprint density at radius 1 is 1.17 bits per heavy atom. The standard InChI is InChI=1S/C18H17ClN2O2/c19-15-8-9-18-16(10-15)17(11-20-18)14(12-21(22)23)7-6-13-4-2-1-3-5-13/h1-5,8-11,14,20H,6-7,12H2/t14-/m1/s1. The molecule has 4 nitrogen and oxygen atoms in total. The molecule has 0 aliphatic carbocycles. The van der Waals surface area contributed by atoms with E-state index in [-0.39, 0.29) is 17.4 Å². The van der Waals surface area contributed by atoms with Gasteiger partial charge in [0.2, 0.25) is 6.54 Å². The van der Waals surface area contributed by atoms with Crippen LogP contribution in [0.25, 0.3) is 10.9 Å². The molecule has 0 unspecified atom stereocenters. The number of fused-ring (bicyclic) bond motifs is 1. The van der Waals surface area contributed by atoms with Gasteiger partial charge in [-0.3, -0.25) is 10.1 Å². The number of aromatic amines is 1. The fourth-order valence-corrected chi connectivity index (χ4v) is 3.13. The van der Waals surface area contributed by atoms with Crippen LogP contribution in [0.2, 0.25) is 5.02 Å². The second kappa shape index (κ2) is 6.84. The lowest BCUT2D eigenvalue weighted by molar-refractivity contribution is -0.483. The maximum absolute atomic E-state index is 11.1. The summed E-state index contributed by atoms with van der Waals surface area (Å²) >= 11 is 6.08. The van der Waals surface area contributed by atoms with Crippen LogP contribution in [0.5, 0.6) is 0 Å². The molecular weight excluding hydrogens is 312 g/mol. The van der Waals surface area contributed by atoms with Crippen LogP contribution in [0.15, 0.2) is 54.7 Å². The smallest absolute Gasteiger partial charge is 0.210 e. The van der Waals surface area contributed by atoms with E-state index < -0.39 is 0 Å². The number of rotatable bonds is 6. The first-order chi connectivity index (χ1) is 11.1. The lowest BCUT2D eigenvalue weighted by Crippen LogP contribution is -2.13. The first-order valence-electron chi connectivity index (χ1n) is 7.56. The number of nitrogens with zero attached hydrogens (tertiary/aromatic N) is 1. The van der Waals surface area contributed by atoms with Crippen molar-refractivity contribution in [2.45, 2.75) is 18.8 Å². The topological polar surface area (TPSA) is 58.9 Å². The molecule has 23 heavy (non-hydrogen) atoms. The summed E-state index contributed by atoms with van der Waals surface area (Å²) < 4.78 is 0. The third kappa shape index (κ3) is 3.71. The van der Waals surface area contributed by atoms with Gasteiger partial charge < -0.3 is 4.98 Å². The van der Waals surface area contributed by atoms with Crippen molar-refractivity contribution >= 4 is 22.5 Å². The third-order valence-corrected chi connectivity index (χ3v) is 4.34. The Balaban J connectivity index is 1.88. The molecule has 0 fully saturated rings. The molecule has 1 N–H and O–H groups in total. The SMILES string of the molecule is O=[N+]([O-])C[C@@H](CCc1ccccc1)c1c[nH]c2ccc(Cl)cc12. The Kier molecular flexibility index (Phi) is 4.63. The normalized spacial score (nSPS) is 12.4. The minimum Gasteiger partial charge on any atom is -0.361 e. The molecule has 5 heteroatoms. The van der Waals surface area contributed by atoms with E-state index in [9.17, 15) is 10.1 Å². The molecule has 1 aromatic heterocycles. The van der Waals surface area contributed by atoms with Crippen LogP contribution in [-0.4, -0.2) is 16.5 Å². The van der Waals surface area contributed by atoms with Crippen LogP contribution in [0, 0.1) is 10.1 Å². The van der Waals surface area contributed by atoms with Crippen molar-refractivity contribution in [3.8, 4) is 0 Å². The highest BCUT2D eigenvalue weighted by Gasteiger charge is 2.21. The first kappa shape index (κ1) is 15.6. The molecule has 3 rings (SSSR count). The average Bonchev–Trinajstić information content (AvgIpc) is 2.95. The van der Waals surface area contributed by atoms with Crippen LogP contribution < -0.4 is 0 Å². The number of hydrogen-bond donors (Lipinski definition) is 1. The quantitative estimate of drug-likeness (QED) is 0.521. The van der Waals surface area contributed by atoms with E-state index in [0.29, 0.717) is 5.02 Å². The van der Waals surface area contributed by atoms with Crippen LogP contribution in [0.4, 0.5) is 0 Å². The molecule has 0 aliphatic rings. The van der Waals surface area contributed by atoms with Crippen LogP contribution in [0.3, 0.4) is 0 Å². The van der Waals surface area contributed by atoms with Gasteiger partial charge in [-0.25, -0.2) is 0 Å². The summed E-state index contributed by atoms with van der Waals surface area (Å²) in [5.74, 6) is -0.141. The number of nitro groups is 1. The van der Waals surface area contributed by atoms with E-state index in [2.05, 4.69) is 17.1 Å². The van der Waals surface area contributed by atoms with Crippen molar-refractivity contribution in [3.63, 3.8) is 0 Å². The summed E-state index contributed by atoms with van der Waals surface area (Å²) in [6.45, 7) is -0.0771. The maximum Gasteiger partial charge on any atom is 0.210 e. The first-order valence-corrected chi connectivity index (χ1v) is 7.93. The minimum absolute atomic E-state index is 0.0771. The van der Waals surface area contributed by atoms with E-state index in [4.69, 9.17) is 11.6 Å². The molecule has 1 atom stereocenters. The van der Waals surface area contributed by atoms with Crippen molar-refractivity contribution in [1.82, 2.24) is 4.98 Å². The lowest BCUT2D eigenvalue weighted by Gasteiger charge is -2.12. The molecule has 0 saturated heterocycles. The maximum atomic E-state index is 11.1. The summed E-state index contributed by atoms with van der Waals surface area (Å²) in [7, 11) is 0. The van der Waals surface area contributed by atoms with Crippen molar-refractivity contribution in [1.29, 1.82) is 0 Å². The molecule has 0 aliphatic heterocycles. The predicted molar refractivity (Wildman–Crippen MR) is 92.7 cm³/mol. The van der Waals surface area contributed by atoms with Crippen LogP contribution >= 0.6 is 11.6 Å². The minimum atomic E-state index is -0.237. The Morgan fingerprint density at radius 3 is 2.70 bits per heavy atom. The molecule has 0 radical (unpaired) electrons. The number of aryl methyl sites for hydroxylation is 1. The number of H-pyrrole nitrogens is 1. The van der Waals surface area contributed by atoms with E-state index in [1.54, 1.807) is 0 Å². The van der Waals surface area contributed by atoms with Gasteiger partial charge in [0.15, 0.2) is 0 Å². The zero-order valence-corrected chi connectivity index (χ0v) is 13.3. The molecule has 3 aromatic rings.